The van der Waals surface area contributed by atoms with E-state index in [1.54, 1.807) is 25.1 Å². The van der Waals surface area contributed by atoms with Gasteiger partial charge < -0.3 is 4.52 Å². The number of carbonyl (C=O) groups is 1. The van der Waals surface area contributed by atoms with E-state index >= 15 is 0 Å². The third-order valence-electron chi connectivity index (χ3n) is 2.53. The van der Waals surface area contributed by atoms with E-state index in [-0.39, 0.29) is 11.6 Å². The third kappa shape index (κ3) is 2.37. The Bertz CT molecular complexity index is 812. The Morgan fingerprint density at radius 2 is 2.20 bits per heavy atom. The van der Waals surface area contributed by atoms with Crippen molar-refractivity contribution in [3.63, 3.8) is 0 Å². The van der Waals surface area contributed by atoms with Crippen molar-refractivity contribution in [1.82, 2.24) is 10.1 Å². The predicted octanol–water partition coefficient (Wildman–Crippen LogP) is 4.15. The summed E-state index contributed by atoms with van der Waals surface area (Å²) in [6, 6.07) is 5.04. The summed E-state index contributed by atoms with van der Waals surface area (Å²) in [5.74, 6) is 0.178. The maximum atomic E-state index is 11.9. The zero-order valence-electron chi connectivity index (χ0n) is 10.1. The van der Waals surface area contributed by atoms with Crippen LogP contribution in [0.25, 0.3) is 10.2 Å². The molecular formula is C12H7Cl2N3O2S. The highest BCUT2D eigenvalue weighted by molar-refractivity contribution is 7.22. The number of anilines is 1. The Kier molecular flexibility index (Phi) is 3.37. The van der Waals surface area contributed by atoms with Crippen LogP contribution in [0.2, 0.25) is 10.0 Å². The number of aromatic nitrogens is 2. The van der Waals surface area contributed by atoms with Crippen LogP contribution in [-0.2, 0) is 0 Å². The number of benzene rings is 1. The zero-order valence-corrected chi connectivity index (χ0v) is 12.4. The molecule has 0 unspecified atom stereocenters. The highest BCUT2D eigenvalue weighted by Gasteiger charge is 2.15. The first kappa shape index (κ1) is 13.4. The molecule has 0 atom stereocenters. The molecule has 2 aromatic heterocycles. The Labute approximate surface area is 127 Å². The van der Waals surface area contributed by atoms with Crippen molar-refractivity contribution in [2.45, 2.75) is 6.92 Å². The molecule has 0 spiro atoms. The van der Waals surface area contributed by atoms with Crippen LogP contribution in [0.1, 0.15) is 16.2 Å². The van der Waals surface area contributed by atoms with Gasteiger partial charge in [-0.25, -0.2) is 4.98 Å². The van der Waals surface area contributed by atoms with E-state index < -0.39 is 0 Å². The van der Waals surface area contributed by atoms with Gasteiger partial charge in [0.1, 0.15) is 11.3 Å². The largest absolute Gasteiger partial charge is 0.361 e. The lowest BCUT2D eigenvalue weighted by Crippen LogP contribution is -2.11. The van der Waals surface area contributed by atoms with Gasteiger partial charge >= 0.3 is 0 Å². The summed E-state index contributed by atoms with van der Waals surface area (Å²) in [4.78, 5) is 16.2. The lowest BCUT2D eigenvalue weighted by Gasteiger charge is -1.95. The number of thiazole rings is 1. The van der Waals surface area contributed by atoms with Gasteiger partial charge in [-0.1, -0.05) is 39.7 Å². The monoisotopic (exact) mass is 327 g/mol. The Morgan fingerprint density at radius 3 is 2.90 bits per heavy atom. The van der Waals surface area contributed by atoms with Gasteiger partial charge in [-0.3, -0.25) is 10.1 Å². The number of nitrogens with one attached hydrogen (secondary N) is 1. The van der Waals surface area contributed by atoms with Crippen LogP contribution >= 0.6 is 34.5 Å². The number of hydrogen-bond acceptors (Lipinski definition) is 5. The maximum Gasteiger partial charge on any atom is 0.279 e. The van der Waals surface area contributed by atoms with Crippen molar-refractivity contribution in [3.05, 3.63) is 39.7 Å². The normalized spacial score (nSPS) is 10.9. The summed E-state index contributed by atoms with van der Waals surface area (Å²) in [7, 11) is 0. The number of nitrogens with zero attached hydrogens (tertiary/aromatic N) is 2. The van der Waals surface area contributed by atoms with Crippen LogP contribution in [-0.4, -0.2) is 16.0 Å². The average molecular weight is 328 g/mol. The summed E-state index contributed by atoms with van der Waals surface area (Å²) in [6.45, 7) is 1.71. The lowest BCUT2D eigenvalue weighted by atomic mass is 10.3. The van der Waals surface area contributed by atoms with E-state index in [4.69, 9.17) is 27.7 Å². The molecule has 20 heavy (non-hydrogen) atoms. The fourth-order valence-electron chi connectivity index (χ4n) is 1.63. The minimum atomic E-state index is -0.386. The lowest BCUT2D eigenvalue weighted by molar-refractivity contribution is 0.101. The number of aryl methyl sites for hydroxylation is 1. The third-order valence-corrected chi connectivity index (χ3v) is 4.26. The predicted molar refractivity (Wildman–Crippen MR) is 78.8 cm³/mol. The van der Waals surface area contributed by atoms with Gasteiger partial charge in [-0.05, 0) is 19.1 Å². The van der Waals surface area contributed by atoms with Crippen molar-refractivity contribution in [3.8, 4) is 0 Å². The summed E-state index contributed by atoms with van der Waals surface area (Å²) in [5.41, 5.74) is 0.765. The van der Waals surface area contributed by atoms with Crippen LogP contribution in [0.15, 0.2) is 22.7 Å². The summed E-state index contributed by atoms with van der Waals surface area (Å²) in [6.07, 6.45) is 0. The van der Waals surface area contributed by atoms with E-state index in [1.165, 1.54) is 11.3 Å². The first-order valence-corrected chi connectivity index (χ1v) is 7.11. The molecule has 0 aliphatic carbocycles. The van der Waals surface area contributed by atoms with Gasteiger partial charge in [-0.15, -0.1) is 0 Å². The second kappa shape index (κ2) is 5.05. The van der Waals surface area contributed by atoms with Gasteiger partial charge in [-0.2, -0.15) is 0 Å². The SMILES string of the molecule is Cc1cc(C(=O)Nc2nc3c(Cl)c(Cl)ccc3s2)no1. The molecule has 102 valence electrons. The molecule has 3 rings (SSSR count). The smallest absolute Gasteiger partial charge is 0.279 e. The Hall–Kier alpha value is -1.63. The highest BCUT2D eigenvalue weighted by Crippen LogP contribution is 2.35. The van der Waals surface area contributed by atoms with Crippen molar-refractivity contribution in [1.29, 1.82) is 0 Å². The number of amides is 1. The minimum Gasteiger partial charge on any atom is -0.361 e. The van der Waals surface area contributed by atoms with E-state index in [0.717, 1.165) is 4.70 Å². The molecule has 1 amide bonds. The van der Waals surface area contributed by atoms with E-state index in [9.17, 15) is 4.79 Å². The van der Waals surface area contributed by atoms with Crippen LogP contribution in [0.5, 0.6) is 0 Å². The summed E-state index contributed by atoms with van der Waals surface area (Å²) >= 11 is 13.3. The molecule has 8 heteroatoms. The van der Waals surface area contributed by atoms with Crippen LogP contribution < -0.4 is 5.32 Å². The maximum absolute atomic E-state index is 11.9. The highest BCUT2D eigenvalue weighted by atomic mass is 35.5. The number of rotatable bonds is 2. The van der Waals surface area contributed by atoms with Crippen molar-refractivity contribution >= 4 is 55.8 Å². The molecule has 5 nitrogen and oxygen atoms in total. The molecule has 1 aromatic carbocycles. The van der Waals surface area contributed by atoms with Crippen molar-refractivity contribution in [2.24, 2.45) is 0 Å². The van der Waals surface area contributed by atoms with Gasteiger partial charge in [0.2, 0.25) is 0 Å². The molecule has 0 fully saturated rings. The van der Waals surface area contributed by atoms with Crippen LogP contribution in [0.4, 0.5) is 5.13 Å². The number of fused-ring (bicyclic) bond motifs is 1. The molecule has 0 aliphatic rings. The fraction of sp³-hybridized carbons (Fsp3) is 0.0833. The fourth-order valence-corrected chi connectivity index (χ4v) is 2.91. The average Bonchev–Trinajstić information content (AvgIpc) is 3.00. The molecule has 0 bridgehead atoms. The van der Waals surface area contributed by atoms with Gasteiger partial charge in [0.15, 0.2) is 10.8 Å². The Balaban J connectivity index is 1.92. The number of carbonyl (C=O) groups excluding carboxylic acids is 1. The number of hydrogen-bond donors (Lipinski definition) is 1. The van der Waals surface area contributed by atoms with Gasteiger partial charge in [0.05, 0.1) is 14.7 Å². The summed E-state index contributed by atoms with van der Waals surface area (Å²) < 4.78 is 5.69. The molecular weight excluding hydrogens is 321 g/mol. The van der Waals surface area contributed by atoms with Crippen molar-refractivity contribution < 1.29 is 9.32 Å². The first-order valence-electron chi connectivity index (χ1n) is 5.54. The van der Waals surface area contributed by atoms with E-state index in [1.807, 2.05) is 0 Å². The van der Waals surface area contributed by atoms with Crippen LogP contribution in [0, 0.1) is 6.92 Å². The molecule has 2 heterocycles. The molecule has 0 radical (unpaired) electrons. The second-order valence-electron chi connectivity index (χ2n) is 4.00. The number of halogens is 2. The molecule has 1 N–H and O–H groups in total. The van der Waals surface area contributed by atoms with Gasteiger partial charge in [0, 0.05) is 6.07 Å². The summed E-state index contributed by atoms with van der Waals surface area (Å²) in [5, 5.41) is 7.52. The van der Waals surface area contributed by atoms with Gasteiger partial charge in [0.25, 0.3) is 5.91 Å². The first-order chi connectivity index (χ1) is 9.54. The van der Waals surface area contributed by atoms with E-state index in [2.05, 4.69) is 15.5 Å². The molecule has 3 aromatic rings. The quantitative estimate of drug-likeness (QED) is 0.767. The molecule has 0 saturated heterocycles. The zero-order chi connectivity index (χ0) is 14.3. The standard InChI is InChI=1S/C12H7Cl2N3O2S/c1-5-4-7(17-19-5)11(18)16-12-15-10-8(20-12)3-2-6(13)9(10)14/h2-4H,1H3,(H,15,16,18). The van der Waals surface area contributed by atoms with Crippen LogP contribution in [0.3, 0.4) is 0 Å². The topological polar surface area (TPSA) is 68.0 Å². The van der Waals surface area contributed by atoms with E-state index in [0.29, 0.717) is 26.5 Å². The van der Waals surface area contributed by atoms with Crippen molar-refractivity contribution in [2.75, 3.05) is 5.32 Å². The Morgan fingerprint density at radius 1 is 1.40 bits per heavy atom. The molecule has 0 saturated carbocycles. The molecule has 0 aliphatic heterocycles. The minimum absolute atomic E-state index is 0.200. The second-order valence-corrected chi connectivity index (χ2v) is 5.82.